The molecule has 0 heterocycles. The number of ether oxygens (including phenoxy) is 2. The lowest BCUT2D eigenvalue weighted by atomic mass is 10.2. The first-order valence-corrected chi connectivity index (χ1v) is 7.13. The highest BCUT2D eigenvalue weighted by atomic mass is 16.6. The van der Waals surface area contributed by atoms with Gasteiger partial charge in [-0.2, -0.15) is 0 Å². The molecule has 0 aliphatic rings. The van der Waals surface area contributed by atoms with Crippen LogP contribution >= 0.6 is 0 Å². The highest BCUT2D eigenvalue weighted by Crippen LogP contribution is 2.13. The molecule has 6 heteroatoms. The number of esters is 1. The van der Waals surface area contributed by atoms with Crippen LogP contribution in [-0.4, -0.2) is 17.5 Å². The van der Waals surface area contributed by atoms with Gasteiger partial charge >= 0.3 is 5.97 Å². The van der Waals surface area contributed by atoms with Gasteiger partial charge in [-0.1, -0.05) is 17.7 Å². The van der Waals surface area contributed by atoms with Gasteiger partial charge in [-0.05, 0) is 36.8 Å². The molecule has 0 aliphatic carbocycles. The summed E-state index contributed by atoms with van der Waals surface area (Å²) in [5, 5.41) is 10.5. The molecule has 0 spiro atoms. The maximum Gasteiger partial charge on any atom is 0.309 e. The minimum absolute atomic E-state index is 0.00609. The summed E-state index contributed by atoms with van der Waals surface area (Å²) >= 11 is 0. The van der Waals surface area contributed by atoms with Crippen molar-refractivity contribution in [3.05, 3.63) is 69.8 Å². The van der Waals surface area contributed by atoms with Crippen LogP contribution in [-0.2, 0) is 16.1 Å². The van der Waals surface area contributed by atoms with Crippen LogP contribution in [0.1, 0.15) is 17.5 Å². The first-order valence-electron chi connectivity index (χ1n) is 7.13. The van der Waals surface area contributed by atoms with Gasteiger partial charge in [-0.3, -0.25) is 14.9 Å². The maximum atomic E-state index is 11.6. The van der Waals surface area contributed by atoms with Crippen LogP contribution in [0.3, 0.4) is 0 Å². The molecule has 0 N–H and O–H groups in total. The highest BCUT2D eigenvalue weighted by molar-refractivity contribution is 5.69. The second-order valence-electron chi connectivity index (χ2n) is 5.00. The largest absolute Gasteiger partial charge is 0.493 e. The Morgan fingerprint density at radius 1 is 1.09 bits per heavy atom. The average molecular weight is 315 g/mol. The van der Waals surface area contributed by atoms with E-state index in [1.807, 2.05) is 31.2 Å². The molecule has 0 radical (unpaired) electrons. The van der Waals surface area contributed by atoms with Crippen molar-refractivity contribution in [1.29, 1.82) is 0 Å². The van der Waals surface area contributed by atoms with E-state index < -0.39 is 4.92 Å². The number of hydrogen-bond donors (Lipinski definition) is 0. The van der Waals surface area contributed by atoms with Crippen molar-refractivity contribution >= 4 is 11.7 Å². The minimum atomic E-state index is -0.474. The van der Waals surface area contributed by atoms with Crippen molar-refractivity contribution in [2.45, 2.75) is 20.0 Å². The number of rotatable bonds is 7. The number of hydrogen-bond acceptors (Lipinski definition) is 5. The first kappa shape index (κ1) is 16.5. The monoisotopic (exact) mass is 315 g/mol. The second-order valence-corrected chi connectivity index (χ2v) is 5.00. The third-order valence-electron chi connectivity index (χ3n) is 3.14. The Morgan fingerprint density at radius 3 is 2.35 bits per heavy atom. The normalized spacial score (nSPS) is 10.1. The summed E-state index contributed by atoms with van der Waals surface area (Å²) in [6.45, 7) is 2.31. The van der Waals surface area contributed by atoms with Crippen LogP contribution in [0.2, 0.25) is 0 Å². The molecule has 0 bridgehead atoms. The van der Waals surface area contributed by atoms with E-state index in [1.165, 1.54) is 12.1 Å². The van der Waals surface area contributed by atoms with Gasteiger partial charge in [-0.25, -0.2) is 0 Å². The van der Waals surface area contributed by atoms with E-state index >= 15 is 0 Å². The van der Waals surface area contributed by atoms with Crippen molar-refractivity contribution in [3.8, 4) is 5.75 Å². The third-order valence-corrected chi connectivity index (χ3v) is 3.14. The summed E-state index contributed by atoms with van der Waals surface area (Å²) in [6.07, 6.45) is 0.140. The molecule has 23 heavy (non-hydrogen) atoms. The molecule has 6 nitrogen and oxygen atoms in total. The molecular weight excluding hydrogens is 298 g/mol. The van der Waals surface area contributed by atoms with E-state index in [1.54, 1.807) is 12.1 Å². The van der Waals surface area contributed by atoms with Crippen LogP contribution in [0.15, 0.2) is 48.5 Å². The van der Waals surface area contributed by atoms with E-state index in [2.05, 4.69) is 0 Å². The molecule has 0 saturated heterocycles. The van der Waals surface area contributed by atoms with Crippen molar-refractivity contribution in [2.24, 2.45) is 0 Å². The van der Waals surface area contributed by atoms with Gasteiger partial charge < -0.3 is 9.47 Å². The van der Waals surface area contributed by atoms with E-state index in [0.717, 1.165) is 5.56 Å². The zero-order valence-corrected chi connectivity index (χ0v) is 12.7. The van der Waals surface area contributed by atoms with Crippen LogP contribution < -0.4 is 4.74 Å². The Bertz CT molecular complexity index is 664. The van der Waals surface area contributed by atoms with Gasteiger partial charge in [0, 0.05) is 12.1 Å². The quantitative estimate of drug-likeness (QED) is 0.444. The lowest BCUT2D eigenvalue weighted by molar-refractivity contribution is -0.384. The highest BCUT2D eigenvalue weighted by Gasteiger charge is 2.07. The van der Waals surface area contributed by atoms with Crippen molar-refractivity contribution in [1.82, 2.24) is 0 Å². The standard InChI is InChI=1S/C17H17NO5/c1-13-2-8-16(9-3-13)22-11-10-17(19)23-12-14-4-6-15(7-5-14)18(20)21/h2-9H,10-12H2,1H3. The van der Waals surface area contributed by atoms with E-state index in [4.69, 9.17) is 9.47 Å². The fourth-order valence-electron chi connectivity index (χ4n) is 1.84. The molecule has 0 aliphatic heterocycles. The number of non-ortho nitro benzene ring substituents is 1. The predicted molar refractivity (Wildman–Crippen MR) is 84.2 cm³/mol. The van der Waals surface area contributed by atoms with Gasteiger partial charge in [0.1, 0.15) is 12.4 Å². The number of aryl methyl sites for hydroxylation is 1. The lowest BCUT2D eigenvalue weighted by Gasteiger charge is -2.07. The Kier molecular flexibility index (Phi) is 5.68. The average Bonchev–Trinajstić information content (AvgIpc) is 2.55. The number of carbonyl (C=O) groups excluding carboxylic acids is 1. The van der Waals surface area contributed by atoms with Gasteiger partial charge in [0.2, 0.25) is 0 Å². The van der Waals surface area contributed by atoms with Crippen molar-refractivity contribution < 1.29 is 19.2 Å². The molecule has 0 unspecified atom stereocenters. The first-order chi connectivity index (χ1) is 11.0. The number of nitro groups is 1. The summed E-state index contributed by atoms with van der Waals surface area (Å²) in [4.78, 5) is 21.7. The Morgan fingerprint density at radius 2 is 1.74 bits per heavy atom. The lowest BCUT2D eigenvalue weighted by Crippen LogP contribution is -2.10. The molecule has 2 aromatic carbocycles. The van der Waals surface area contributed by atoms with Gasteiger partial charge in [-0.15, -0.1) is 0 Å². The number of nitro benzene ring substituents is 1. The molecule has 2 aromatic rings. The zero-order valence-electron chi connectivity index (χ0n) is 12.7. The maximum absolute atomic E-state index is 11.6. The molecule has 120 valence electrons. The number of nitrogens with zero attached hydrogens (tertiary/aromatic N) is 1. The summed E-state index contributed by atoms with van der Waals surface area (Å²) in [6, 6.07) is 13.4. The SMILES string of the molecule is Cc1ccc(OCCC(=O)OCc2ccc([N+](=O)[O-])cc2)cc1. The van der Waals surface area contributed by atoms with Gasteiger partial charge in [0.15, 0.2) is 0 Å². The molecule has 0 atom stereocenters. The summed E-state index contributed by atoms with van der Waals surface area (Å²) < 4.78 is 10.5. The number of carbonyl (C=O) groups is 1. The number of benzene rings is 2. The van der Waals surface area contributed by atoms with Gasteiger partial charge in [0.05, 0.1) is 18.0 Å². The van der Waals surface area contributed by atoms with Crippen molar-refractivity contribution in [2.75, 3.05) is 6.61 Å². The van der Waals surface area contributed by atoms with Crippen LogP contribution in [0, 0.1) is 17.0 Å². The Hall–Kier alpha value is -2.89. The summed E-state index contributed by atoms with van der Waals surface area (Å²) in [5.41, 5.74) is 1.84. The smallest absolute Gasteiger partial charge is 0.309 e. The summed E-state index contributed by atoms with van der Waals surface area (Å²) in [7, 11) is 0. The molecular formula is C17H17NO5. The Labute approximate surface area is 133 Å². The fourth-order valence-corrected chi connectivity index (χ4v) is 1.84. The van der Waals surface area contributed by atoms with E-state index in [-0.39, 0.29) is 31.3 Å². The molecule has 0 saturated carbocycles. The van der Waals surface area contributed by atoms with E-state index in [0.29, 0.717) is 11.3 Å². The van der Waals surface area contributed by atoms with Crippen LogP contribution in [0.5, 0.6) is 5.75 Å². The molecule has 0 amide bonds. The zero-order chi connectivity index (χ0) is 16.7. The van der Waals surface area contributed by atoms with Crippen LogP contribution in [0.4, 0.5) is 5.69 Å². The Balaban J connectivity index is 1.70. The van der Waals surface area contributed by atoms with E-state index in [9.17, 15) is 14.9 Å². The molecule has 2 rings (SSSR count). The fraction of sp³-hybridized carbons (Fsp3) is 0.235. The molecule has 0 fully saturated rings. The van der Waals surface area contributed by atoms with Crippen molar-refractivity contribution in [3.63, 3.8) is 0 Å². The predicted octanol–water partition coefficient (Wildman–Crippen LogP) is 3.42. The third kappa shape index (κ3) is 5.43. The second kappa shape index (κ2) is 7.93. The van der Waals surface area contributed by atoms with Crippen LogP contribution in [0.25, 0.3) is 0 Å². The minimum Gasteiger partial charge on any atom is -0.493 e. The summed E-state index contributed by atoms with van der Waals surface area (Å²) in [5.74, 6) is 0.328. The molecule has 0 aromatic heterocycles. The topological polar surface area (TPSA) is 78.7 Å². The van der Waals surface area contributed by atoms with Gasteiger partial charge in [0.25, 0.3) is 5.69 Å².